The third-order valence-electron chi connectivity index (χ3n) is 8.38. The van der Waals surface area contributed by atoms with E-state index in [1.165, 1.54) is 12.5 Å². The molecule has 3 fully saturated rings. The summed E-state index contributed by atoms with van der Waals surface area (Å²) in [5.41, 5.74) is 1.42. The monoisotopic (exact) mass is 360 g/mol. The number of Topliss-reactive ketones (excluding diaryl/α,β-unsaturated/α-hetero) is 1. The maximum Gasteiger partial charge on any atom is 0.302 e. The standard InChI is InChI=1S/C22H32O4/c1-13(23)26-15-7-9-21(2)14(11-15)12-18(25-4)20-16-5-6-19(24)22(16,3)10-8-17(20)21/h12,15-18,20H,5-11H2,1-4H3/t15-,16?,17?,18-,20?,21-,22-/m0/s1. The molecule has 4 rings (SSSR count). The summed E-state index contributed by atoms with van der Waals surface area (Å²) in [5, 5.41) is 0. The van der Waals surface area contributed by atoms with Crippen LogP contribution in [-0.4, -0.2) is 31.1 Å². The molecule has 4 aliphatic carbocycles. The van der Waals surface area contributed by atoms with E-state index in [0.29, 0.717) is 23.5 Å². The van der Waals surface area contributed by atoms with E-state index < -0.39 is 0 Å². The maximum absolute atomic E-state index is 12.6. The molecule has 0 aromatic carbocycles. The van der Waals surface area contributed by atoms with Crippen LogP contribution >= 0.6 is 0 Å². The van der Waals surface area contributed by atoms with Crippen LogP contribution in [0, 0.1) is 28.6 Å². The zero-order chi connectivity index (χ0) is 18.7. The molecule has 4 nitrogen and oxygen atoms in total. The van der Waals surface area contributed by atoms with Gasteiger partial charge in [0.1, 0.15) is 11.9 Å². The Morgan fingerprint density at radius 2 is 1.81 bits per heavy atom. The minimum Gasteiger partial charge on any atom is -0.462 e. The molecule has 0 saturated heterocycles. The molecule has 7 atom stereocenters. The molecule has 3 saturated carbocycles. The Labute approximate surface area is 156 Å². The van der Waals surface area contributed by atoms with Gasteiger partial charge in [-0.2, -0.15) is 0 Å². The molecule has 26 heavy (non-hydrogen) atoms. The van der Waals surface area contributed by atoms with Crippen molar-refractivity contribution in [2.75, 3.05) is 7.11 Å². The summed E-state index contributed by atoms with van der Waals surface area (Å²) < 4.78 is 11.5. The van der Waals surface area contributed by atoms with E-state index in [1.807, 2.05) is 0 Å². The van der Waals surface area contributed by atoms with Gasteiger partial charge in [-0.15, -0.1) is 0 Å². The molecule has 144 valence electrons. The third-order valence-corrected chi connectivity index (χ3v) is 8.38. The lowest BCUT2D eigenvalue weighted by molar-refractivity contribution is -0.149. The maximum atomic E-state index is 12.6. The van der Waals surface area contributed by atoms with Gasteiger partial charge in [0, 0.05) is 32.3 Å². The van der Waals surface area contributed by atoms with Crippen LogP contribution < -0.4 is 0 Å². The second kappa shape index (κ2) is 6.19. The number of esters is 1. The molecule has 0 spiro atoms. The highest BCUT2D eigenvalue weighted by molar-refractivity contribution is 5.87. The molecule has 0 amide bonds. The Kier molecular flexibility index (Phi) is 4.33. The molecule has 0 aromatic heterocycles. The first-order valence-electron chi connectivity index (χ1n) is 10.2. The van der Waals surface area contributed by atoms with Gasteiger partial charge in [0.15, 0.2) is 0 Å². The summed E-state index contributed by atoms with van der Waals surface area (Å²) in [4.78, 5) is 24.0. The Hall–Kier alpha value is -1.16. The van der Waals surface area contributed by atoms with E-state index in [1.54, 1.807) is 7.11 Å². The Bertz CT molecular complexity index is 653. The first-order valence-corrected chi connectivity index (χ1v) is 10.2. The van der Waals surface area contributed by atoms with Crippen LogP contribution in [0.15, 0.2) is 11.6 Å². The highest BCUT2D eigenvalue weighted by Crippen LogP contribution is 2.64. The molecule has 0 aliphatic heterocycles. The molecule has 3 unspecified atom stereocenters. The van der Waals surface area contributed by atoms with Gasteiger partial charge in [0.2, 0.25) is 0 Å². The fourth-order valence-electron chi connectivity index (χ4n) is 6.92. The molecule has 4 aliphatic rings. The fraction of sp³-hybridized carbons (Fsp3) is 0.818. The second-order valence-electron chi connectivity index (χ2n) is 9.49. The van der Waals surface area contributed by atoms with Crippen molar-refractivity contribution in [3.63, 3.8) is 0 Å². The van der Waals surface area contributed by atoms with Gasteiger partial charge in [-0.1, -0.05) is 25.5 Å². The van der Waals surface area contributed by atoms with Crippen LogP contribution in [0.25, 0.3) is 0 Å². The fourth-order valence-corrected chi connectivity index (χ4v) is 6.92. The normalized spacial score (nSPS) is 47.5. The van der Waals surface area contributed by atoms with Crippen molar-refractivity contribution in [3.8, 4) is 0 Å². The van der Waals surface area contributed by atoms with Crippen molar-refractivity contribution in [2.45, 2.75) is 77.9 Å². The third kappa shape index (κ3) is 2.51. The quantitative estimate of drug-likeness (QED) is 0.550. The number of carbonyl (C=O) groups excluding carboxylic acids is 2. The summed E-state index contributed by atoms with van der Waals surface area (Å²) in [5.74, 6) is 1.72. The molecular formula is C22H32O4. The van der Waals surface area contributed by atoms with E-state index >= 15 is 0 Å². The minimum atomic E-state index is -0.186. The van der Waals surface area contributed by atoms with Crippen molar-refractivity contribution < 1.29 is 19.1 Å². The van der Waals surface area contributed by atoms with Gasteiger partial charge in [-0.25, -0.2) is 0 Å². The van der Waals surface area contributed by atoms with Gasteiger partial charge >= 0.3 is 5.97 Å². The lowest BCUT2D eigenvalue weighted by atomic mass is 9.47. The Morgan fingerprint density at radius 1 is 1.12 bits per heavy atom. The first kappa shape index (κ1) is 18.2. The van der Waals surface area contributed by atoms with Gasteiger partial charge in [-0.3, -0.25) is 9.59 Å². The number of rotatable bonds is 2. The number of hydrogen-bond acceptors (Lipinski definition) is 4. The number of hydrogen-bond donors (Lipinski definition) is 0. The van der Waals surface area contributed by atoms with Crippen molar-refractivity contribution in [3.05, 3.63) is 11.6 Å². The molecule has 0 N–H and O–H groups in total. The Morgan fingerprint density at radius 3 is 2.50 bits per heavy atom. The van der Waals surface area contributed by atoms with Crippen molar-refractivity contribution >= 4 is 11.8 Å². The number of fused-ring (bicyclic) bond motifs is 5. The predicted octanol–water partition coefficient (Wildman–Crippen LogP) is 4.07. The van der Waals surface area contributed by atoms with E-state index in [0.717, 1.165) is 44.9 Å². The van der Waals surface area contributed by atoms with Crippen LogP contribution in [0.5, 0.6) is 0 Å². The second-order valence-corrected chi connectivity index (χ2v) is 9.49. The molecule has 4 heteroatoms. The van der Waals surface area contributed by atoms with Gasteiger partial charge in [-0.05, 0) is 55.3 Å². The van der Waals surface area contributed by atoms with E-state index in [9.17, 15) is 9.59 Å². The minimum absolute atomic E-state index is 0.00259. The van der Waals surface area contributed by atoms with Gasteiger partial charge in [0.25, 0.3) is 0 Å². The van der Waals surface area contributed by atoms with E-state index in [4.69, 9.17) is 9.47 Å². The average molecular weight is 360 g/mol. The Balaban J connectivity index is 1.68. The lowest BCUT2D eigenvalue weighted by Gasteiger charge is -2.58. The number of ether oxygens (including phenoxy) is 2. The highest BCUT2D eigenvalue weighted by Gasteiger charge is 2.61. The topological polar surface area (TPSA) is 52.6 Å². The summed E-state index contributed by atoms with van der Waals surface area (Å²) >= 11 is 0. The predicted molar refractivity (Wildman–Crippen MR) is 98.4 cm³/mol. The molecule has 0 heterocycles. The van der Waals surface area contributed by atoms with Crippen LogP contribution in [0.1, 0.15) is 65.7 Å². The molecule has 0 bridgehead atoms. The zero-order valence-corrected chi connectivity index (χ0v) is 16.5. The van der Waals surface area contributed by atoms with Crippen LogP contribution in [0.2, 0.25) is 0 Å². The number of methoxy groups -OCH3 is 1. The van der Waals surface area contributed by atoms with Crippen LogP contribution in [0.4, 0.5) is 0 Å². The van der Waals surface area contributed by atoms with Crippen molar-refractivity contribution in [1.29, 1.82) is 0 Å². The smallest absolute Gasteiger partial charge is 0.302 e. The average Bonchev–Trinajstić information content (AvgIpc) is 2.89. The largest absolute Gasteiger partial charge is 0.462 e. The SMILES string of the molecule is CO[C@H]1C=C2C[C@@H](OC(C)=O)CC[C@]2(C)C2CC[C@]3(C)C(=O)CCC3C21. The zero-order valence-electron chi connectivity index (χ0n) is 16.5. The summed E-state index contributed by atoms with van der Waals surface area (Å²) in [6, 6.07) is 0. The van der Waals surface area contributed by atoms with Gasteiger partial charge in [0.05, 0.1) is 6.10 Å². The van der Waals surface area contributed by atoms with E-state index in [2.05, 4.69) is 19.9 Å². The van der Waals surface area contributed by atoms with Crippen LogP contribution in [0.3, 0.4) is 0 Å². The number of carbonyl (C=O) groups is 2. The lowest BCUT2D eigenvalue weighted by Crippen LogP contribution is -2.55. The molecule has 0 aromatic rings. The van der Waals surface area contributed by atoms with Crippen molar-refractivity contribution in [2.24, 2.45) is 28.6 Å². The first-order chi connectivity index (χ1) is 12.3. The van der Waals surface area contributed by atoms with Crippen LogP contribution in [-0.2, 0) is 19.1 Å². The molecule has 0 radical (unpaired) electrons. The van der Waals surface area contributed by atoms with E-state index in [-0.39, 0.29) is 29.0 Å². The molecular weight excluding hydrogens is 328 g/mol. The number of ketones is 1. The van der Waals surface area contributed by atoms with Crippen molar-refractivity contribution in [1.82, 2.24) is 0 Å². The summed E-state index contributed by atoms with van der Waals surface area (Å²) in [6.45, 7) is 6.11. The summed E-state index contributed by atoms with van der Waals surface area (Å²) in [7, 11) is 1.80. The highest BCUT2D eigenvalue weighted by atomic mass is 16.5. The summed E-state index contributed by atoms with van der Waals surface area (Å²) in [6.07, 6.45) is 9.12. The van der Waals surface area contributed by atoms with Gasteiger partial charge < -0.3 is 9.47 Å².